The summed E-state index contributed by atoms with van der Waals surface area (Å²) in [4.78, 5) is 4.46. The predicted octanol–water partition coefficient (Wildman–Crippen LogP) is 3.53. The van der Waals surface area contributed by atoms with Crippen LogP contribution < -0.4 is 0 Å². The van der Waals surface area contributed by atoms with E-state index in [1.54, 1.807) is 18.3 Å². The van der Waals surface area contributed by atoms with Gasteiger partial charge in [0.25, 0.3) is 0 Å². The van der Waals surface area contributed by atoms with Crippen LogP contribution in [0.15, 0.2) is 21.6 Å². The third-order valence-electron chi connectivity index (χ3n) is 3.15. The number of aromatic hydroxyl groups is 1. The normalized spacial score (nSPS) is 24.6. The fraction of sp³-hybridized carbons (Fsp3) is 0.462. The monoisotopic (exact) mass is 331 g/mol. The van der Waals surface area contributed by atoms with E-state index in [1.165, 1.54) is 0 Å². The van der Waals surface area contributed by atoms with E-state index in [0.29, 0.717) is 15.1 Å². The molecule has 2 N–H and O–H groups in total. The summed E-state index contributed by atoms with van der Waals surface area (Å²) in [6.45, 7) is 0. The molecule has 0 bridgehead atoms. The third-order valence-corrected chi connectivity index (χ3v) is 3.97. The van der Waals surface area contributed by atoms with Crippen LogP contribution in [0.1, 0.15) is 31.2 Å². The summed E-state index contributed by atoms with van der Waals surface area (Å²) in [6, 6.07) is 3.55. The van der Waals surface area contributed by atoms with E-state index in [-0.39, 0.29) is 17.9 Å². The zero-order valence-electron chi connectivity index (χ0n) is 9.81. The standard InChI is InChI=1S/C13H15BrClNO2/c14-12-6-9(15)5-8(13(12)18)7-16-10-1-3-11(17)4-2-10/h5-7,10-11,17-18H,1-4H2/t10-,11-. The lowest BCUT2D eigenvalue weighted by Crippen LogP contribution is -2.20. The highest BCUT2D eigenvalue weighted by Crippen LogP contribution is 2.30. The summed E-state index contributed by atoms with van der Waals surface area (Å²) in [7, 11) is 0. The van der Waals surface area contributed by atoms with Crippen LogP contribution in [0.25, 0.3) is 0 Å². The zero-order valence-corrected chi connectivity index (χ0v) is 12.2. The van der Waals surface area contributed by atoms with Gasteiger partial charge in [-0.05, 0) is 53.7 Å². The van der Waals surface area contributed by atoms with Crippen molar-refractivity contribution in [1.29, 1.82) is 0 Å². The van der Waals surface area contributed by atoms with E-state index in [0.717, 1.165) is 25.7 Å². The number of hydrogen-bond donors (Lipinski definition) is 2. The van der Waals surface area contributed by atoms with Crippen molar-refractivity contribution in [1.82, 2.24) is 0 Å². The molecule has 0 aliphatic heterocycles. The molecule has 1 fully saturated rings. The molecule has 18 heavy (non-hydrogen) atoms. The Morgan fingerprint density at radius 1 is 1.28 bits per heavy atom. The first-order valence-corrected chi connectivity index (χ1v) is 7.12. The fourth-order valence-electron chi connectivity index (χ4n) is 2.08. The lowest BCUT2D eigenvalue weighted by atomic mass is 9.93. The van der Waals surface area contributed by atoms with Crippen LogP contribution in [0, 0.1) is 0 Å². The maximum Gasteiger partial charge on any atom is 0.138 e. The minimum atomic E-state index is -0.176. The van der Waals surface area contributed by atoms with Crippen LogP contribution >= 0.6 is 27.5 Å². The SMILES string of the molecule is Oc1c(Br)cc(Cl)cc1C=N[C@H]1CC[C@H](O)CC1. The first-order chi connectivity index (χ1) is 8.56. The summed E-state index contributed by atoms with van der Waals surface area (Å²) in [5, 5.41) is 19.8. The molecule has 0 aromatic heterocycles. The van der Waals surface area contributed by atoms with Gasteiger partial charge in [0.05, 0.1) is 16.6 Å². The van der Waals surface area contributed by atoms with Crippen molar-refractivity contribution in [2.45, 2.75) is 37.8 Å². The maximum absolute atomic E-state index is 9.86. The van der Waals surface area contributed by atoms with Crippen molar-refractivity contribution in [3.8, 4) is 5.75 Å². The molecule has 98 valence electrons. The van der Waals surface area contributed by atoms with Crippen LogP contribution in [0.2, 0.25) is 5.02 Å². The maximum atomic E-state index is 9.86. The highest BCUT2D eigenvalue weighted by Gasteiger charge is 2.18. The van der Waals surface area contributed by atoms with Crippen LogP contribution in [-0.4, -0.2) is 28.6 Å². The lowest BCUT2D eigenvalue weighted by Gasteiger charge is -2.22. The summed E-state index contributed by atoms with van der Waals surface area (Å²) < 4.78 is 0.565. The second kappa shape index (κ2) is 6.04. The fourth-order valence-corrected chi connectivity index (χ4v) is 2.91. The molecule has 1 aromatic rings. The van der Waals surface area contributed by atoms with Crippen molar-refractivity contribution < 1.29 is 10.2 Å². The molecule has 0 radical (unpaired) electrons. The molecule has 0 spiro atoms. The number of nitrogens with zero attached hydrogens (tertiary/aromatic N) is 1. The molecular formula is C13H15BrClNO2. The Morgan fingerprint density at radius 3 is 2.61 bits per heavy atom. The first kappa shape index (κ1) is 13.8. The van der Waals surface area contributed by atoms with Gasteiger partial charge < -0.3 is 10.2 Å². The number of phenols is 1. The Kier molecular flexibility index (Phi) is 4.65. The molecule has 0 saturated heterocycles. The van der Waals surface area contributed by atoms with Crippen molar-refractivity contribution in [3.05, 3.63) is 27.2 Å². The second-order valence-corrected chi connectivity index (χ2v) is 5.86. The van der Waals surface area contributed by atoms with Gasteiger partial charge in [-0.1, -0.05) is 11.6 Å². The van der Waals surface area contributed by atoms with Crippen molar-refractivity contribution in [3.63, 3.8) is 0 Å². The Bertz CT molecular complexity index is 457. The number of benzene rings is 1. The Labute approximate surface area is 120 Å². The molecule has 5 heteroatoms. The Balaban J connectivity index is 2.09. The predicted molar refractivity (Wildman–Crippen MR) is 76.7 cm³/mol. The second-order valence-electron chi connectivity index (χ2n) is 4.57. The average molecular weight is 333 g/mol. The van der Waals surface area contributed by atoms with Crippen molar-refractivity contribution in [2.24, 2.45) is 4.99 Å². The number of aliphatic hydroxyl groups is 1. The topological polar surface area (TPSA) is 52.8 Å². The first-order valence-electron chi connectivity index (χ1n) is 5.95. The molecule has 3 nitrogen and oxygen atoms in total. The number of phenolic OH excluding ortho intramolecular Hbond substituents is 1. The van der Waals surface area contributed by atoms with Crippen LogP contribution in [0.5, 0.6) is 5.75 Å². The highest BCUT2D eigenvalue weighted by atomic mass is 79.9. The number of hydrogen-bond acceptors (Lipinski definition) is 3. The van der Waals surface area contributed by atoms with E-state index >= 15 is 0 Å². The zero-order chi connectivity index (χ0) is 13.1. The number of aliphatic hydroxyl groups excluding tert-OH is 1. The van der Waals surface area contributed by atoms with Crippen LogP contribution in [0.4, 0.5) is 0 Å². The van der Waals surface area contributed by atoms with Gasteiger partial charge in [0.15, 0.2) is 0 Å². The largest absolute Gasteiger partial charge is 0.506 e. The summed E-state index contributed by atoms with van der Waals surface area (Å²) in [5.41, 5.74) is 0.612. The molecule has 1 aliphatic rings. The highest BCUT2D eigenvalue weighted by molar-refractivity contribution is 9.10. The summed E-state index contributed by atoms with van der Waals surface area (Å²) in [5.74, 6) is 0.152. The van der Waals surface area contributed by atoms with Crippen LogP contribution in [-0.2, 0) is 0 Å². The molecule has 2 rings (SSSR count). The van der Waals surface area contributed by atoms with E-state index in [2.05, 4.69) is 20.9 Å². The van der Waals surface area contributed by atoms with Crippen LogP contribution in [0.3, 0.4) is 0 Å². The minimum Gasteiger partial charge on any atom is -0.506 e. The van der Waals surface area contributed by atoms with Gasteiger partial charge in [-0.15, -0.1) is 0 Å². The van der Waals surface area contributed by atoms with E-state index < -0.39 is 0 Å². The lowest BCUT2D eigenvalue weighted by molar-refractivity contribution is 0.123. The molecule has 1 aliphatic carbocycles. The summed E-state index contributed by atoms with van der Waals surface area (Å²) >= 11 is 9.17. The summed E-state index contributed by atoms with van der Waals surface area (Å²) in [6.07, 6.45) is 4.86. The Hall–Kier alpha value is -0.580. The van der Waals surface area contributed by atoms with Gasteiger partial charge >= 0.3 is 0 Å². The van der Waals surface area contributed by atoms with Crippen molar-refractivity contribution >= 4 is 33.7 Å². The van der Waals surface area contributed by atoms with Gasteiger partial charge in [-0.3, -0.25) is 4.99 Å². The minimum absolute atomic E-state index is 0.152. The van der Waals surface area contributed by atoms with E-state index in [1.807, 2.05) is 0 Å². The number of rotatable bonds is 2. The van der Waals surface area contributed by atoms with Gasteiger partial charge in [-0.25, -0.2) is 0 Å². The number of aliphatic imine (C=N–C) groups is 1. The third kappa shape index (κ3) is 3.46. The van der Waals surface area contributed by atoms with Crippen molar-refractivity contribution in [2.75, 3.05) is 0 Å². The van der Waals surface area contributed by atoms with Gasteiger partial charge in [0.2, 0.25) is 0 Å². The molecule has 1 saturated carbocycles. The smallest absolute Gasteiger partial charge is 0.138 e. The molecular weight excluding hydrogens is 318 g/mol. The van der Waals surface area contributed by atoms with Gasteiger partial charge in [0, 0.05) is 16.8 Å². The van der Waals surface area contributed by atoms with Gasteiger partial charge in [-0.2, -0.15) is 0 Å². The molecule has 0 amide bonds. The average Bonchev–Trinajstić information content (AvgIpc) is 2.34. The molecule has 0 atom stereocenters. The molecule has 1 aromatic carbocycles. The van der Waals surface area contributed by atoms with E-state index in [9.17, 15) is 10.2 Å². The van der Waals surface area contributed by atoms with E-state index in [4.69, 9.17) is 11.6 Å². The van der Waals surface area contributed by atoms with Gasteiger partial charge in [0.1, 0.15) is 5.75 Å². The quantitative estimate of drug-likeness (QED) is 0.814. The molecule has 0 unspecified atom stereocenters. The molecule has 0 heterocycles. The number of halogens is 2. The Morgan fingerprint density at radius 2 is 1.94 bits per heavy atom.